The molecule has 0 amide bonds. The molecule has 196 valence electrons. The summed E-state index contributed by atoms with van der Waals surface area (Å²) in [5, 5.41) is 0.391. The molecule has 4 rings (SSSR count). The largest absolute Gasteiger partial charge is 0.493 e. The second kappa shape index (κ2) is 9.38. The first-order chi connectivity index (χ1) is 16.8. The number of carbonyl (C=O) groups excluding carboxylic acids is 1. The zero-order valence-electron chi connectivity index (χ0n) is 18.8. The third-order valence-electron chi connectivity index (χ3n) is 5.90. The van der Waals surface area contributed by atoms with E-state index in [-0.39, 0.29) is 22.5 Å². The second-order valence-electron chi connectivity index (χ2n) is 8.13. The molecule has 0 spiro atoms. The number of ether oxygens (including phenoxy) is 1. The van der Waals surface area contributed by atoms with E-state index in [9.17, 15) is 31.1 Å². The van der Waals surface area contributed by atoms with E-state index in [4.69, 9.17) is 16.2 Å². The summed E-state index contributed by atoms with van der Waals surface area (Å²) in [7, 11) is 1.37. The summed E-state index contributed by atoms with van der Waals surface area (Å²) in [4.78, 5) is 23.2. The number of hydrogen-bond acceptors (Lipinski definition) is 9. The highest BCUT2D eigenvalue weighted by molar-refractivity contribution is 5.82. The van der Waals surface area contributed by atoms with Crippen LogP contribution in [0.3, 0.4) is 0 Å². The summed E-state index contributed by atoms with van der Waals surface area (Å²) < 4.78 is 86.2. The quantitative estimate of drug-likeness (QED) is 0.590. The third-order valence-corrected chi connectivity index (χ3v) is 5.90. The first kappa shape index (κ1) is 25.9. The first-order valence-corrected chi connectivity index (χ1v) is 10.7. The Morgan fingerprint density at radius 2 is 1.75 bits per heavy atom. The summed E-state index contributed by atoms with van der Waals surface area (Å²) in [5.74, 6) is -2.99. The van der Waals surface area contributed by atoms with E-state index in [1.54, 1.807) is 4.90 Å². The number of hydrogen-bond donors (Lipinski definition) is 2. The highest BCUT2D eigenvalue weighted by Crippen LogP contribution is 2.44. The second-order valence-corrected chi connectivity index (χ2v) is 8.13. The third kappa shape index (κ3) is 4.78. The van der Waals surface area contributed by atoms with Crippen molar-refractivity contribution in [3.8, 4) is 11.3 Å². The van der Waals surface area contributed by atoms with Crippen molar-refractivity contribution in [3.05, 3.63) is 41.5 Å². The van der Waals surface area contributed by atoms with Crippen LogP contribution >= 0.6 is 0 Å². The Kier molecular flexibility index (Phi) is 6.76. The molecule has 1 saturated heterocycles. The number of pyridine rings is 1. The molecule has 0 aliphatic carbocycles. The molecular weight excluding hydrogens is 498 g/mol. The number of nitrogens with two attached hydrogens (primary N) is 2. The molecule has 9 nitrogen and oxygen atoms in total. The van der Waals surface area contributed by atoms with Crippen LogP contribution in [0.5, 0.6) is 0 Å². The van der Waals surface area contributed by atoms with Gasteiger partial charge < -0.3 is 20.2 Å². The Morgan fingerprint density at radius 1 is 1.08 bits per heavy atom. The number of aromatic nitrogens is 1. The maximum absolute atomic E-state index is 14.1. The van der Waals surface area contributed by atoms with Crippen molar-refractivity contribution in [2.75, 3.05) is 43.3 Å². The van der Waals surface area contributed by atoms with Crippen molar-refractivity contribution < 1.29 is 40.7 Å². The van der Waals surface area contributed by atoms with Gasteiger partial charge in [0.05, 0.1) is 30.6 Å². The number of rotatable bonds is 3. The summed E-state index contributed by atoms with van der Waals surface area (Å²) >= 11 is 0. The monoisotopic (exact) mass is 520 g/mol. The molecule has 1 aromatic carbocycles. The maximum Gasteiger partial charge on any atom is 0.493 e. The lowest BCUT2D eigenvalue weighted by atomic mass is 9.98. The van der Waals surface area contributed by atoms with Gasteiger partial charge in [-0.3, -0.25) is 10.6 Å². The number of carbonyl (C=O) groups is 1. The van der Waals surface area contributed by atoms with E-state index in [0.717, 1.165) is 6.07 Å². The van der Waals surface area contributed by atoms with Crippen LogP contribution in [0.15, 0.2) is 30.3 Å². The summed E-state index contributed by atoms with van der Waals surface area (Å²) in [6, 6.07) is 6.22. The molecule has 2 aromatic rings. The molecule has 2 aliphatic heterocycles. The van der Waals surface area contributed by atoms with E-state index >= 15 is 0 Å². The smallest absolute Gasteiger partial charge is 0.378 e. The standard InChI is InChI=1S/C21H22F6N6O3/c1-31-16(28)11-5-6-13(30-17(11)33(19(31)29)36-18(34)21(25,26)27)15-12(20(22,23)24)3-2-4-14(15)32-7-9-35-10-8-32/h2-6,16,19H,7-10,28-29H2,1H3. The molecule has 2 aliphatic rings. The number of fused-ring (bicyclic) bond motifs is 1. The number of anilines is 2. The van der Waals surface area contributed by atoms with Crippen molar-refractivity contribution in [2.45, 2.75) is 24.8 Å². The summed E-state index contributed by atoms with van der Waals surface area (Å²) in [5.41, 5.74) is 10.8. The number of benzene rings is 1. The molecule has 0 saturated carbocycles. The van der Waals surface area contributed by atoms with Gasteiger partial charge in [0.1, 0.15) is 0 Å². The lowest BCUT2D eigenvalue weighted by Crippen LogP contribution is -2.60. The van der Waals surface area contributed by atoms with Crippen LogP contribution in [-0.2, 0) is 20.5 Å². The Bertz CT molecular complexity index is 1140. The highest BCUT2D eigenvalue weighted by Gasteiger charge is 2.46. The minimum absolute atomic E-state index is 0.0929. The van der Waals surface area contributed by atoms with Gasteiger partial charge in [-0.25, -0.2) is 9.78 Å². The van der Waals surface area contributed by atoms with Gasteiger partial charge in [0.2, 0.25) is 0 Å². The fourth-order valence-electron chi connectivity index (χ4n) is 4.03. The molecule has 2 atom stereocenters. The van der Waals surface area contributed by atoms with E-state index in [2.05, 4.69) is 9.82 Å². The van der Waals surface area contributed by atoms with E-state index in [1.807, 2.05) is 0 Å². The molecule has 4 N–H and O–H groups in total. The number of halogens is 6. The predicted molar refractivity (Wildman–Crippen MR) is 115 cm³/mol. The molecule has 0 radical (unpaired) electrons. The Labute approximate surface area is 201 Å². The summed E-state index contributed by atoms with van der Waals surface area (Å²) in [6.07, 6.45) is -12.6. The van der Waals surface area contributed by atoms with Gasteiger partial charge in [-0.1, -0.05) is 12.1 Å². The number of nitrogens with zero attached hydrogens (tertiary/aromatic N) is 4. The van der Waals surface area contributed by atoms with Crippen molar-refractivity contribution in [2.24, 2.45) is 11.5 Å². The average Bonchev–Trinajstić information content (AvgIpc) is 2.83. The Hall–Kier alpha value is -3.14. The Balaban J connectivity index is 1.89. The number of alkyl halides is 6. The molecule has 2 unspecified atom stereocenters. The molecule has 1 fully saturated rings. The lowest BCUT2D eigenvalue weighted by molar-refractivity contribution is -0.204. The van der Waals surface area contributed by atoms with Crippen LogP contribution in [0.25, 0.3) is 11.3 Å². The number of hydroxylamine groups is 1. The number of morpholine rings is 1. The van der Waals surface area contributed by atoms with Crippen LogP contribution < -0.4 is 21.4 Å². The van der Waals surface area contributed by atoms with Crippen LogP contribution in [0, 0.1) is 0 Å². The minimum Gasteiger partial charge on any atom is -0.378 e. The fraction of sp³-hybridized carbons (Fsp3) is 0.429. The van der Waals surface area contributed by atoms with Crippen molar-refractivity contribution in [1.29, 1.82) is 0 Å². The van der Waals surface area contributed by atoms with E-state index < -0.39 is 42.2 Å². The topological polar surface area (TPSA) is 110 Å². The zero-order chi connectivity index (χ0) is 26.4. The molecule has 3 heterocycles. The normalized spacial score (nSPS) is 21.4. The zero-order valence-corrected chi connectivity index (χ0v) is 18.8. The van der Waals surface area contributed by atoms with E-state index in [0.29, 0.717) is 31.4 Å². The molecule has 0 bridgehead atoms. The van der Waals surface area contributed by atoms with Gasteiger partial charge in [0.15, 0.2) is 12.1 Å². The SMILES string of the molecule is CN1C(N)c2ccc(-c3c(N4CCOCC4)cccc3C(F)(F)F)nc2N(OC(=O)C(F)(F)F)C1N. The van der Waals surface area contributed by atoms with Crippen molar-refractivity contribution in [1.82, 2.24) is 9.88 Å². The average molecular weight is 520 g/mol. The van der Waals surface area contributed by atoms with Gasteiger partial charge in [-0.05, 0) is 25.2 Å². The molecular formula is C21H22F6N6O3. The summed E-state index contributed by atoms with van der Waals surface area (Å²) in [6.45, 7) is 1.22. The molecule has 36 heavy (non-hydrogen) atoms. The van der Waals surface area contributed by atoms with E-state index in [1.165, 1.54) is 36.2 Å². The van der Waals surface area contributed by atoms with Crippen LogP contribution in [0.4, 0.5) is 37.8 Å². The van der Waals surface area contributed by atoms with Gasteiger partial charge in [-0.15, -0.1) is 0 Å². The van der Waals surface area contributed by atoms with Crippen LogP contribution in [0.2, 0.25) is 0 Å². The minimum atomic E-state index is -5.36. The molecule has 1 aromatic heterocycles. The molecule has 15 heteroatoms. The Morgan fingerprint density at radius 3 is 2.36 bits per heavy atom. The van der Waals surface area contributed by atoms with Crippen LogP contribution in [-0.4, -0.2) is 61.7 Å². The van der Waals surface area contributed by atoms with Gasteiger partial charge in [0, 0.05) is 29.9 Å². The van der Waals surface area contributed by atoms with Gasteiger partial charge in [-0.2, -0.15) is 31.4 Å². The maximum atomic E-state index is 14.1. The highest BCUT2D eigenvalue weighted by atomic mass is 19.4. The van der Waals surface area contributed by atoms with Gasteiger partial charge in [0.25, 0.3) is 0 Å². The van der Waals surface area contributed by atoms with Gasteiger partial charge >= 0.3 is 18.3 Å². The lowest BCUT2D eigenvalue weighted by Gasteiger charge is -2.42. The first-order valence-electron chi connectivity index (χ1n) is 10.7. The van der Waals surface area contributed by atoms with Crippen molar-refractivity contribution in [3.63, 3.8) is 0 Å². The van der Waals surface area contributed by atoms with Crippen molar-refractivity contribution >= 4 is 17.5 Å². The predicted octanol–water partition coefficient (Wildman–Crippen LogP) is 2.58. The fourth-order valence-corrected chi connectivity index (χ4v) is 4.03. The van der Waals surface area contributed by atoms with Crippen LogP contribution in [0.1, 0.15) is 17.3 Å².